The number of benzene rings is 1. The third-order valence-electron chi connectivity index (χ3n) is 4.51. The number of nitrogens with zero attached hydrogens (tertiary/aromatic N) is 3. The van der Waals surface area contributed by atoms with Gasteiger partial charge in [0, 0.05) is 35.6 Å². The van der Waals surface area contributed by atoms with E-state index in [2.05, 4.69) is 45.7 Å². The number of anilines is 3. The van der Waals surface area contributed by atoms with E-state index in [9.17, 15) is 0 Å². The molecule has 0 saturated heterocycles. The van der Waals surface area contributed by atoms with Crippen LogP contribution < -0.4 is 10.6 Å². The molecule has 2 N–H and O–H groups in total. The maximum atomic E-state index is 5.47. The van der Waals surface area contributed by atoms with E-state index >= 15 is 0 Å². The molecular weight excluding hydrogens is 342 g/mol. The predicted octanol–water partition coefficient (Wildman–Crippen LogP) is 4.50. The summed E-state index contributed by atoms with van der Waals surface area (Å²) in [5.74, 6) is 0.558. The van der Waals surface area contributed by atoms with E-state index in [1.165, 1.54) is 5.56 Å². The van der Waals surface area contributed by atoms with Crippen molar-refractivity contribution in [2.45, 2.75) is 27.2 Å². The molecule has 0 saturated carbocycles. The number of aromatic nitrogens is 3. The van der Waals surface area contributed by atoms with E-state index in [0.717, 1.165) is 44.4 Å². The number of thiocarbonyl (C=S) groups is 1. The Balaban J connectivity index is 1.81. The number of nitrogens with one attached hydrogen (secondary N) is 2. The van der Waals surface area contributed by atoms with Crippen molar-refractivity contribution in [1.29, 1.82) is 0 Å². The highest BCUT2D eigenvalue weighted by atomic mass is 32.1. The van der Waals surface area contributed by atoms with Crippen molar-refractivity contribution >= 4 is 34.5 Å². The SMILES string of the molecule is Cc1ccc2c(c1)NC(=S)Cc1cnc(Nc3c(C)ccnc3C)nc1-2. The van der Waals surface area contributed by atoms with E-state index in [4.69, 9.17) is 17.2 Å². The summed E-state index contributed by atoms with van der Waals surface area (Å²) in [6.07, 6.45) is 4.29. The lowest BCUT2D eigenvalue weighted by Crippen LogP contribution is -2.10. The fourth-order valence-electron chi connectivity index (χ4n) is 3.16. The van der Waals surface area contributed by atoms with Crippen LogP contribution in [0.25, 0.3) is 11.3 Å². The summed E-state index contributed by atoms with van der Waals surface area (Å²) in [4.78, 5) is 14.4. The minimum Gasteiger partial charge on any atom is -0.349 e. The average Bonchev–Trinajstić information content (AvgIpc) is 2.73. The molecule has 0 unspecified atom stereocenters. The Labute approximate surface area is 157 Å². The summed E-state index contributed by atoms with van der Waals surface area (Å²) < 4.78 is 0. The Morgan fingerprint density at radius 3 is 2.77 bits per heavy atom. The third kappa shape index (κ3) is 3.04. The van der Waals surface area contributed by atoms with Crippen molar-refractivity contribution in [1.82, 2.24) is 15.0 Å². The Morgan fingerprint density at radius 1 is 1.12 bits per heavy atom. The summed E-state index contributed by atoms with van der Waals surface area (Å²) >= 11 is 5.47. The Bertz CT molecular complexity index is 1010. The van der Waals surface area contributed by atoms with Gasteiger partial charge in [0.05, 0.1) is 22.1 Å². The molecule has 2 aromatic heterocycles. The van der Waals surface area contributed by atoms with Crippen molar-refractivity contribution in [3.8, 4) is 11.3 Å². The van der Waals surface area contributed by atoms with E-state index in [-0.39, 0.29) is 0 Å². The third-order valence-corrected chi connectivity index (χ3v) is 4.75. The summed E-state index contributed by atoms with van der Waals surface area (Å²) in [7, 11) is 0. The van der Waals surface area contributed by atoms with Crippen LogP contribution in [0.5, 0.6) is 0 Å². The van der Waals surface area contributed by atoms with Gasteiger partial charge < -0.3 is 10.6 Å². The van der Waals surface area contributed by atoms with Gasteiger partial charge in [0.25, 0.3) is 0 Å². The monoisotopic (exact) mass is 361 g/mol. The number of hydrogen-bond donors (Lipinski definition) is 2. The van der Waals surface area contributed by atoms with Crippen LogP contribution >= 0.6 is 12.2 Å². The largest absolute Gasteiger partial charge is 0.349 e. The van der Waals surface area contributed by atoms with Gasteiger partial charge in [-0.15, -0.1) is 0 Å². The highest BCUT2D eigenvalue weighted by molar-refractivity contribution is 7.80. The normalized spacial score (nSPS) is 12.7. The van der Waals surface area contributed by atoms with Gasteiger partial charge in [-0.25, -0.2) is 9.97 Å². The van der Waals surface area contributed by atoms with E-state index in [1.54, 1.807) is 6.20 Å². The highest BCUT2D eigenvalue weighted by Crippen LogP contribution is 2.34. The van der Waals surface area contributed by atoms with Gasteiger partial charge >= 0.3 is 0 Å². The van der Waals surface area contributed by atoms with Crippen LogP contribution in [0.4, 0.5) is 17.3 Å². The van der Waals surface area contributed by atoms with Crippen molar-refractivity contribution < 1.29 is 0 Å². The fourth-order valence-corrected chi connectivity index (χ4v) is 3.43. The van der Waals surface area contributed by atoms with Crippen LogP contribution in [0.1, 0.15) is 22.4 Å². The second kappa shape index (κ2) is 6.46. The lowest BCUT2D eigenvalue weighted by Gasteiger charge is -2.13. The van der Waals surface area contributed by atoms with Crippen molar-refractivity contribution in [3.05, 3.63) is 59.0 Å². The first kappa shape index (κ1) is 16.6. The highest BCUT2D eigenvalue weighted by Gasteiger charge is 2.19. The predicted molar refractivity (Wildman–Crippen MR) is 109 cm³/mol. The zero-order valence-electron chi connectivity index (χ0n) is 14.9. The van der Waals surface area contributed by atoms with Crippen LogP contribution in [0.3, 0.4) is 0 Å². The lowest BCUT2D eigenvalue weighted by atomic mass is 10.0. The Kier molecular flexibility index (Phi) is 4.12. The molecule has 0 fully saturated rings. The zero-order valence-corrected chi connectivity index (χ0v) is 15.7. The molecule has 3 aromatic rings. The second-order valence-electron chi connectivity index (χ2n) is 6.55. The molecule has 0 spiro atoms. The number of aryl methyl sites for hydroxylation is 3. The second-order valence-corrected chi connectivity index (χ2v) is 7.05. The summed E-state index contributed by atoms with van der Waals surface area (Å²) in [6, 6.07) is 8.24. The molecular formula is C20H19N5S. The van der Waals surface area contributed by atoms with Crippen LogP contribution in [-0.2, 0) is 6.42 Å². The van der Waals surface area contributed by atoms with Crippen LogP contribution in [0, 0.1) is 20.8 Å². The average molecular weight is 361 g/mol. The first-order valence-corrected chi connectivity index (χ1v) is 8.88. The molecule has 1 aliphatic rings. The minimum absolute atomic E-state index is 0.558. The van der Waals surface area contributed by atoms with E-state index in [0.29, 0.717) is 12.4 Å². The van der Waals surface area contributed by atoms with Gasteiger partial charge in [-0.3, -0.25) is 4.98 Å². The molecule has 1 aliphatic heterocycles. The summed E-state index contributed by atoms with van der Waals surface area (Å²) in [6.45, 7) is 6.08. The molecule has 130 valence electrons. The molecule has 1 aromatic carbocycles. The quantitative estimate of drug-likeness (QED) is 0.655. The number of rotatable bonds is 2. The van der Waals surface area contributed by atoms with Gasteiger partial charge in [-0.1, -0.05) is 24.4 Å². The molecule has 5 nitrogen and oxygen atoms in total. The van der Waals surface area contributed by atoms with Crippen molar-refractivity contribution in [2.24, 2.45) is 0 Å². The molecule has 0 radical (unpaired) electrons. The molecule has 0 aliphatic carbocycles. The summed E-state index contributed by atoms with van der Waals surface area (Å²) in [5, 5.41) is 6.66. The Hall–Kier alpha value is -2.86. The van der Waals surface area contributed by atoms with Gasteiger partial charge in [0.15, 0.2) is 0 Å². The Morgan fingerprint density at radius 2 is 1.96 bits per heavy atom. The maximum absolute atomic E-state index is 5.47. The molecule has 6 heteroatoms. The van der Waals surface area contributed by atoms with Crippen LogP contribution in [-0.4, -0.2) is 19.9 Å². The van der Waals surface area contributed by atoms with Crippen LogP contribution in [0.15, 0.2) is 36.7 Å². The first-order chi connectivity index (χ1) is 12.5. The fraction of sp³-hybridized carbons (Fsp3) is 0.200. The topological polar surface area (TPSA) is 62.7 Å². The summed E-state index contributed by atoms with van der Waals surface area (Å²) in [5.41, 5.74) is 8.11. The lowest BCUT2D eigenvalue weighted by molar-refractivity contribution is 1.10. The number of fused-ring (bicyclic) bond motifs is 3. The standard InChI is InChI=1S/C20H19N5S/c1-11-4-5-15-16(8-11)23-17(26)9-14-10-22-20(25-19(14)15)24-18-12(2)6-7-21-13(18)3/h4-8,10H,9H2,1-3H3,(H,23,26)(H,22,24,25). The van der Waals surface area contributed by atoms with Crippen LogP contribution in [0.2, 0.25) is 0 Å². The molecule has 26 heavy (non-hydrogen) atoms. The van der Waals surface area contributed by atoms with Gasteiger partial charge in [-0.2, -0.15) is 0 Å². The zero-order chi connectivity index (χ0) is 18.3. The minimum atomic E-state index is 0.558. The molecule has 0 amide bonds. The molecule has 0 bridgehead atoms. The molecule has 4 rings (SSSR count). The van der Waals surface area contributed by atoms with Crippen molar-refractivity contribution in [3.63, 3.8) is 0 Å². The van der Waals surface area contributed by atoms with Gasteiger partial charge in [-0.05, 0) is 44.0 Å². The maximum Gasteiger partial charge on any atom is 0.227 e. The molecule has 3 heterocycles. The van der Waals surface area contributed by atoms with Crippen molar-refractivity contribution in [2.75, 3.05) is 10.6 Å². The number of hydrogen-bond acceptors (Lipinski definition) is 5. The first-order valence-electron chi connectivity index (χ1n) is 8.47. The van der Waals surface area contributed by atoms with E-state index < -0.39 is 0 Å². The van der Waals surface area contributed by atoms with Gasteiger partial charge in [0.2, 0.25) is 5.95 Å². The van der Waals surface area contributed by atoms with E-state index in [1.807, 2.05) is 26.1 Å². The smallest absolute Gasteiger partial charge is 0.227 e. The molecule has 0 atom stereocenters. The van der Waals surface area contributed by atoms with Gasteiger partial charge in [0.1, 0.15) is 0 Å². The number of pyridine rings is 1.